The summed E-state index contributed by atoms with van der Waals surface area (Å²) in [5.74, 6) is 1.67. The molecule has 0 aliphatic rings. The number of nitrogens with one attached hydrogen (secondary N) is 2. The molecule has 2 N–H and O–H groups in total. The maximum absolute atomic E-state index is 10.7. The first kappa shape index (κ1) is 10.9. The van der Waals surface area contributed by atoms with Gasteiger partial charge in [0.05, 0.1) is 5.69 Å². The highest BCUT2D eigenvalue weighted by Gasteiger charge is 1.97. The average molecular weight is 215 g/mol. The number of carbonyl (C=O) groups is 1. The SMILES string of the molecule is CNC(=O)NCCSCc1ccon1. The van der Waals surface area contributed by atoms with E-state index in [1.54, 1.807) is 25.1 Å². The monoisotopic (exact) mass is 215 g/mol. The van der Waals surface area contributed by atoms with Gasteiger partial charge in [0.1, 0.15) is 6.26 Å². The van der Waals surface area contributed by atoms with Crippen molar-refractivity contribution in [2.24, 2.45) is 0 Å². The molecule has 1 aromatic rings. The molecule has 1 rings (SSSR count). The van der Waals surface area contributed by atoms with Crippen LogP contribution in [-0.4, -0.2) is 30.5 Å². The van der Waals surface area contributed by atoms with Gasteiger partial charge in [-0.05, 0) is 0 Å². The van der Waals surface area contributed by atoms with Crippen LogP contribution >= 0.6 is 11.8 Å². The van der Waals surface area contributed by atoms with E-state index in [1.165, 1.54) is 0 Å². The minimum Gasteiger partial charge on any atom is -0.364 e. The summed E-state index contributed by atoms with van der Waals surface area (Å²) < 4.78 is 4.68. The van der Waals surface area contributed by atoms with Gasteiger partial charge in [0.15, 0.2) is 0 Å². The van der Waals surface area contributed by atoms with Gasteiger partial charge in [-0.2, -0.15) is 11.8 Å². The Morgan fingerprint density at radius 2 is 2.57 bits per heavy atom. The Morgan fingerprint density at radius 1 is 1.71 bits per heavy atom. The number of urea groups is 1. The molecule has 0 spiro atoms. The fraction of sp³-hybridized carbons (Fsp3) is 0.500. The fourth-order valence-corrected chi connectivity index (χ4v) is 1.56. The maximum atomic E-state index is 10.7. The van der Waals surface area contributed by atoms with Crippen LogP contribution in [-0.2, 0) is 5.75 Å². The Balaban J connectivity index is 1.97. The quantitative estimate of drug-likeness (QED) is 0.714. The number of carbonyl (C=O) groups excluding carboxylic acids is 1. The predicted octanol–water partition coefficient (Wildman–Crippen LogP) is 0.837. The number of hydrogen-bond acceptors (Lipinski definition) is 4. The molecule has 0 fully saturated rings. The van der Waals surface area contributed by atoms with Crippen LogP contribution in [0, 0.1) is 0 Å². The number of nitrogens with zero attached hydrogens (tertiary/aromatic N) is 1. The van der Waals surface area contributed by atoms with E-state index in [4.69, 9.17) is 0 Å². The third kappa shape index (κ3) is 4.18. The molecule has 0 radical (unpaired) electrons. The standard InChI is InChI=1S/C8H13N3O2S/c1-9-8(12)10-3-5-14-6-7-2-4-13-11-7/h2,4H,3,5-6H2,1H3,(H2,9,10,12). The van der Waals surface area contributed by atoms with Crippen molar-refractivity contribution in [1.29, 1.82) is 0 Å². The lowest BCUT2D eigenvalue weighted by atomic mass is 10.5. The predicted molar refractivity (Wildman–Crippen MR) is 55.1 cm³/mol. The van der Waals surface area contributed by atoms with E-state index < -0.39 is 0 Å². The molecule has 0 aliphatic carbocycles. The van der Waals surface area contributed by atoms with Gasteiger partial charge in [-0.3, -0.25) is 0 Å². The van der Waals surface area contributed by atoms with Crippen LogP contribution < -0.4 is 10.6 Å². The Kier molecular flexibility index (Phi) is 4.92. The molecule has 0 unspecified atom stereocenters. The second-order valence-electron chi connectivity index (χ2n) is 2.55. The molecule has 0 bridgehead atoms. The van der Waals surface area contributed by atoms with E-state index in [-0.39, 0.29) is 6.03 Å². The first-order valence-electron chi connectivity index (χ1n) is 4.25. The maximum Gasteiger partial charge on any atom is 0.314 e. The molecule has 0 saturated heterocycles. The summed E-state index contributed by atoms with van der Waals surface area (Å²) in [7, 11) is 1.60. The average Bonchev–Trinajstić information content (AvgIpc) is 2.69. The van der Waals surface area contributed by atoms with E-state index in [0.29, 0.717) is 6.54 Å². The first-order valence-corrected chi connectivity index (χ1v) is 5.41. The van der Waals surface area contributed by atoms with Crippen molar-refractivity contribution in [3.63, 3.8) is 0 Å². The van der Waals surface area contributed by atoms with Gasteiger partial charge in [0, 0.05) is 31.2 Å². The van der Waals surface area contributed by atoms with Crippen LogP contribution in [0.3, 0.4) is 0 Å². The molecule has 5 nitrogen and oxygen atoms in total. The van der Waals surface area contributed by atoms with Gasteiger partial charge in [-0.25, -0.2) is 4.79 Å². The van der Waals surface area contributed by atoms with Gasteiger partial charge in [0.2, 0.25) is 0 Å². The lowest BCUT2D eigenvalue weighted by Crippen LogP contribution is -2.34. The van der Waals surface area contributed by atoms with Crippen LogP contribution in [0.5, 0.6) is 0 Å². The lowest BCUT2D eigenvalue weighted by Gasteiger charge is -2.02. The van der Waals surface area contributed by atoms with Gasteiger partial charge in [0.25, 0.3) is 0 Å². The lowest BCUT2D eigenvalue weighted by molar-refractivity contribution is 0.243. The Morgan fingerprint density at radius 3 is 3.21 bits per heavy atom. The van der Waals surface area contributed by atoms with Crippen molar-refractivity contribution < 1.29 is 9.32 Å². The van der Waals surface area contributed by atoms with Crippen LogP contribution in [0.2, 0.25) is 0 Å². The van der Waals surface area contributed by atoms with Crippen molar-refractivity contribution in [2.45, 2.75) is 5.75 Å². The third-order valence-corrected chi connectivity index (χ3v) is 2.49. The van der Waals surface area contributed by atoms with Gasteiger partial charge in [-0.1, -0.05) is 5.16 Å². The molecular formula is C8H13N3O2S. The molecule has 1 aromatic heterocycles. The Hall–Kier alpha value is -1.17. The number of amides is 2. The minimum atomic E-state index is -0.146. The van der Waals surface area contributed by atoms with Crippen molar-refractivity contribution in [2.75, 3.05) is 19.3 Å². The molecule has 2 amide bonds. The van der Waals surface area contributed by atoms with Gasteiger partial charge in [-0.15, -0.1) is 0 Å². The largest absolute Gasteiger partial charge is 0.364 e. The zero-order valence-electron chi connectivity index (χ0n) is 7.95. The topological polar surface area (TPSA) is 67.2 Å². The van der Waals surface area contributed by atoms with Crippen molar-refractivity contribution in [3.05, 3.63) is 18.0 Å². The zero-order valence-corrected chi connectivity index (χ0v) is 8.76. The second-order valence-corrected chi connectivity index (χ2v) is 3.65. The van der Waals surface area contributed by atoms with E-state index in [0.717, 1.165) is 17.2 Å². The van der Waals surface area contributed by atoms with E-state index in [9.17, 15) is 4.79 Å². The zero-order chi connectivity index (χ0) is 10.2. The number of thioether (sulfide) groups is 1. The molecule has 6 heteroatoms. The van der Waals surface area contributed by atoms with Crippen LogP contribution in [0.25, 0.3) is 0 Å². The molecule has 0 saturated carbocycles. The summed E-state index contributed by atoms with van der Waals surface area (Å²) in [6.45, 7) is 0.655. The number of aromatic nitrogens is 1. The summed E-state index contributed by atoms with van der Waals surface area (Å²) in [6.07, 6.45) is 1.55. The molecule has 14 heavy (non-hydrogen) atoms. The number of rotatable bonds is 5. The molecule has 0 atom stereocenters. The summed E-state index contributed by atoms with van der Waals surface area (Å²) in [5, 5.41) is 8.95. The number of hydrogen-bond donors (Lipinski definition) is 2. The van der Waals surface area contributed by atoms with Crippen molar-refractivity contribution >= 4 is 17.8 Å². The smallest absolute Gasteiger partial charge is 0.314 e. The first-order chi connectivity index (χ1) is 6.83. The highest BCUT2D eigenvalue weighted by atomic mass is 32.2. The summed E-state index contributed by atoms with van der Waals surface area (Å²) >= 11 is 1.70. The molecule has 0 aromatic carbocycles. The Labute approximate surface area is 86.6 Å². The van der Waals surface area contributed by atoms with Crippen LogP contribution in [0.15, 0.2) is 16.9 Å². The minimum absolute atomic E-state index is 0.146. The van der Waals surface area contributed by atoms with Gasteiger partial charge >= 0.3 is 6.03 Å². The summed E-state index contributed by atoms with van der Waals surface area (Å²) in [4.78, 5) is 10.7. The molecule has 78 valence electrons. The summed E-state index contributed by atoms with van der Waals surface area (Å²) in [6, 6.07) is 1.69. The van der Waals surface area contributed by atoms with E-state index in [1.807, 2.05) is 6.07 Å². The van der Waals surface area contributed by atoms with E-state index >= 15 is 0 Å². The van der Waals surface area contributed by atoms with Gasteiger partial charge < -0.3 is 15.2 Å². The van der Waals surface area contributed by atoms with E-state index in [2.05, 4.69) is 20.3 Å². The summed E-state index contributed by atoms with van der Waals surface area (Å²) in [5.41, 5.74) is 0.926. The highest BCUT2D eigenvalue weighted by Crippen LogP contribution is 2.08. The fourth-order valence-electron chi connectivity index (χ4n) is 0.814. The molecule has 0 aliphatic heterocycles. The normalized spacial score (nSPS) is 9.79. The molecular weight excluding hydrogens is 202 g/mol. The van der Waals surface area contributed by atoms with Crippen molar-refractivity contribution in [1.82, 2.24) is 15.8 Å². The molecule has 1 heterocycles. The Bertz CT molecular complexity index is 264. The highest BCUT2D eigenvalue weighted by molar-refractivity contribution is 7.98. The van der Waals surface area contributed by atoms with Crippen LogP contribution in [0.4, 0.5) is 4.79 Å². The van der Waals surface area contributed by atoms with Crippen molar-refractivity contribution in [3.8, 4) is 0 Å². The second kappa shape index (κ2) is 6.31. The van der Waals surface area contributed by atoms with Crippen LogP contribution in [0.1, 0.15) is 5.69 Å². The third-order valence-electron chi connectivity index (χ3n) is 1.50.